The molecule has 160 valence electrons. The summed E-state index contributed by atoms with van der Waals surface area (Å²) in [5.41, 5.74) is 2.29. The van der Waals surface area contributed by atoms with E-state index in [0.29, 0.717) is 40.2 Å². The Morgan fingerprint density at radius 3 is 2.65 bits per heavy atom. The molecule has 0 unspecified atom stereocenters. The fourth-order valence-electron chi connectivity index (χ4n) is 3.47. The van der Waals surface area contributed by atoms with Crippen molar-refractivity contribution in [2.75, 3.05) is 23.9 Å². The number of para-hydroxylation sites is 1. The van der Waals surface area contributed by atoms with Gasteiger partial charge < -0.3 is 15.0 Å². The van der Waals surface area contributed by atoms with Crippen molar-refractivity contribution in [3.05, 3.63) is 58.1 Å². The molecule has 0 saturated heterocycles. The van der Waals surface area contributed by atoms with E-state index in [-0.39, 0.29) is 17.1 Å². The third kappa shape index (κ3) is 4.42. The van der Waals surface area contributed by atoms with Gasteiger partial charge in [-0.3, -0.25) is 9.59 Å². The maximum atomic E-state index is 13.2. The summed E-state index contributed by atoms with van der Waals surface area (Å²) in [7, 11) is 1.46. The fourth-order valence-corrected chi connectivity index (χ4v) is 3.62. The van der Waals surface area contributed by atoms with Crippen LogP contribution in [-0.4, -0.2) is 25.5 Å². The largest absolute Gasteiger partial charge is 0.495 e. The van der Waals surface area contributed by atoms with E-state index in [1.165, 1.54) is 7.11 Å². The lowest BCUT2D eigenvalue weighted by Gasteiger charge is -2.18. The molecule has 6 nitrogen and oxygen atoms in total. The van der Waals surface area contributed by atoms with Crippen LogP contribution < -0.4 is 15.0 Å². The van der Waals surface area contributed by atoms with Crippen molar-refractivity contribution in [1.29, 1.82) is 5.26 Å². The van der Waals surface area contributed by atoms with Crippen LogP contribution in [0.4, 0.5) is 11.4 Å². The molecular weight excluding hydrogens is 414 g/mol. The number of carbonyl (C=O) groups is 2. The summed E-state index contributed by atoms with van der Waals surface area (Å²) < 4.78 is 5.30. The Hall–Kier alpha value is -3.30. The summed E-state index contributed by atoms with van der Waals surface area (Å²) in [4.78, 5) is 28.0. The predicted octanol–water partition coefficient (Wildman–Crippen LogP) is 4.97. The molecule has 0 aliphatic carbocycles. The highest BCUT2D eigenvalue weighted by Gasteiger charge is 2.36. The third-order valence-corrected chi connectivity index (χ3v) is 5.58. The Bertz CT molecular complexity index is 1120. The van der Waals surface area contributed by atoms with Crippen LogP contribution in [0.3, 0.4) is 0 Å². The van der Waals surface area contributed by atoms with Crippen molar-refractivity contribution in [2.24, 2.45) is 5.92 Å². The molecule has 3 rings (SSSR count). The van der Waals surface area contributed by atoms with Gasteiger partial charge in [-0.25, -0.2) is 0 Å². The maximum absolute atomic E-state index is 13.2. The van der Waals surface area contributed by atoms with Gasteiger partial charge in [0.15, 0.2) is 0 Å². The molecule has 2 aromatic rings. The van der Waals surface area contributed by atoms with Crippen LogP contribution >= 0.6 is 11.6 Å². The zero-order valence-electron chi connectivity index (χ0n) is 18.0. The van der Waals surface area contributed by atoms with Crippen LogP contribution in [0.5, 0.6) is 5.75 Å². The van der Waals surface area contributed by atoms with Crippen molar-refractivity contribution in [2.45, 2.75) is 27.2 Å². The van der Waals surface area contributed by atoms with Gasteiger partial charge in [-0.05, 0) is 37.0 Å². The number of hydrogen-bond donors (Lipinski definition) is 1. The van der Waals surface area contributed by atoms with Crippen molar-refractivity contribution < 1.29 is 14.3 Å². The second-order valence-electron chi connectivity index (χ2n) is 7.77. The van der Waals surface area contributed by atoms with Crippen LogP contribution in [0.25, 0.3) is 5.57 Å². The summed E-state index contributed by atoms with van der Waals surface area (Å²) >= 11 is 6.13. The van der Waals surface area contributed by atoms with E-state index in [1.807, 2.05) is 18.2 Å². The van der Waals surface area contributed by atoms with Crippen molar-refractivity contribution in [3.8, 4) is 11.8 Å². The Labute approximate surface area is 187 Å². The van der Waals surface area contributed by atoms with Crippen LogP contribution in [0.15, 0.2) is 42.0 Å². The van der Waals surface area contributed by atoms with Gasteiger partial charge in [0.05, 0.1) is 24.1 Å². The molecular formula is C24H24ClN3O3. The molecule has 1 aliphatic heterocycles. The van der Waals surface area contributed by atoms with Crippen LogP contribution in [0.1, 0.15) is 31.4 Å². The lowest BCUT2D eigenvalue weighted by molar-refractivity contribution is -0.114. The number of hydrogen-bond acceptors (Lipinski definition) is 4. The average Bonchev–Trinajstić information content (AvgIpc) is 3.01. The number of nitrogens with zero attached hydrogens (tertiary/aromatic N) is 2. The third-order valence-electron chi connectivity index (χ3n) is 5.17. The molecule has 0 bridgehead atoms. The monoisotopic (exact) mass is 437 g/mol. The smallest absolute Gasteiger partial charge is 0.267 e. The molecule has 0 fully saturated rings. The minimum Gasteiger partial charge on any atom is -0.495 e. The molecule has 0 radical (unpaired) electrons. The maximum Gasteiger partial charge on any atom is 0.267 e. The van der Waals surface area contributed by atoms with Crippen LogP contribution in [-0.2, 0) is 9.59 Å². The number of rotatable bonds is 6. The van der Waals surface area contributed by atoms with E-state index in [2.05, 4.69) is 19.2 Å². The second kappa shape index (κ2) is 9.23. The molecule has 2 aromatic carbocycles. The molecule has 1 heterocycles. The molecule has 31 heavy (non-hydrogen) atoms. The van der Waals surface area contributed by atoms with E-state index < -0.39 is 5.91 Å². The molecule has 0 spiro atoms. The van der Waals surface area contributed by atoms with Crippen LogP contribution in [0.2, 0.25) is 5.02 Å². The Balaban J connectivity index is 2.03. The van der Waals surface area contributed by atoms with Gasteiger partial charge in [0.1, 0.15) is 17.4 Å². The molecule has 2 amide bonds. The highest BCUT2D eigenvalue weighted by molar-refractivity contribution is 6.38. The number of fused-ring (bicyclic) bond motifs is 1. The predicted molar refractivity (Wildman–Crippen MR) is 122 cm³/mol. The first-order chi connectivity index (χ1) is 14.8. The van der Waals surface area contributed by atoms with Gasteiger partial charge >= 0.3 is 0 Å². The van der Waals surface area contributed by atoms with Crippen LogP contribution in [0, 0.1) is 24.2 Å². The highest BCUT2D eigenvalue weighted by Crippen LogP contribution is 2.39. The van der Waals surface area contributed by atoms with Gasteiger partial charge in [0.2, 0.25) is 0 Å². The normalized spacial score (nSPS) is 14.4. The summed E-state index contributed by atoms with van der Waals surface area (Å²) in [6, 6.07) is 12.4. The molecule has 1 N–H and O–H groups in total. The van der Waals surface area contributed by atoms with Crippen molar-refractivity contribution in [1.82, 2.24) is 0 Å². The summed E-state index contributed by atoms with van der Waals surface area (Å²) in [6.45, 7) is 6.48. The highest BCUT2D eigenvalue weighted by atomic mass is 35.5. The van der Waals surface area contributed by atoms with Gasteiger partial charge in [-0.15, -0.1) is 0 Å². The number of halogens is 1. The van der Waals surface area contributed by atoms with Gasteiger partial charge in [0.25, 0.3) is 11.8 Å². The van der Waals surface area contributed by atoms with Gasteiger partial charge in [-0.1, -0.05) is 43.6 Å². The second-order valence-corrected chi connectivity index (χ2v) is 8.18. The van der Waals surface area contributed by atoms with E-state index in [1.54, 1.807) is 36.1 Å². The zero-order valence-corrected chi connectivity index (χ0v) is 18.7. The Morgan fingerprint density at radius 2 is 2.00 bits per heavy atom. The van der Waals surface area contributed by atoms with Crippen molar-refractivity contribution in [3.63, 3.8) is 0 Å². The molecule has 0 saturated carbocycles. The number of nitriles is 1. The number of anilines is 2. The number of benzene rings is 2. The minimum atomic E-state index is -0.675. The number of aryl methyl sites for hydroxylation is 1. The lowest BCUT2D eigenvalue weighted by Crippen LogP contribution is -2.29. The van der Waals surface area contributed by atoms with Gasteiger partial charge in [-0.2, -0.15) is 5.26 Å². The summed E-state index contributed by atoms with van der Waals surface area (Å²) in [5, 5.41) is 13.0. The molecule has 1 aliphatic rings. The summed E-state index contributed by atoms with van der Waals surface area (Å²) in [5.74, 6) is -0.241. The number of carbonyl (C=O) groups excluding carboxylic acids is 2. The Morgan fingerprint density at radius 1 is 1.29 bits per heavy atom. The zero-order chi connectivity index (χ0) is 22.7. The molecule has 0 atom stereocenters. The molecule has 0 aromatic heterocycles. The number of ether oxygens (including phenoxy) is 1. The van der Waals surface area contributed by atoms with Crippen molar-refractivity contribution >= 4 is 40.4 Å². The first-order valence-electron chi connectivity index (χ1n) is 9.99. The van der Waals surface area contributed by atoms with E-state index in [0.717, 1.165) is 12.0 Å². The number of amides is 2. The Kier molecular flexibility index (Phi) is 6.67. The SMILES string of the molecule is COc1cc(Cl)c(C)cc1NC(=O)C(C#N)=C1C(=O)N(CCC(C)C)c2ccccc21. The van der Waals surface area contributed by atoms with E-state index in [4.69, 9.17) is 16.3 Å². The number of nitrogens with one attached hydrogen (secondary N) is 1. The average molecular weight is 438 g/mol. The lowest BCUT2D eigenvalue weighted by atomic mass is 10.0. The van der Waals surface area contributed by atoms with E-state index in [9.17, 15) is 14.9 Å². The first-order valence-corrected chi connectivity index (χ1v) is 10.4. The number of methoxy groups -OCH3 is 1. The fraction of sp³-hybridized carbons (Fsp3) is 0.292. The van der Waals surface area contributed by atoms with E-state index >= 15 is 0 Å². The first kappa shape index (κ1) is 22.4. The quantitative estimate of drug-likeness (QED) is 0.511. The standard InChI is InChI=1S/C24H24ClN3O3/c1-14(2)9-10-28-20-8-6-5-7-16(20)22(24(28)30)17(13-26)23(29)27-19-11-15(3)18(25)12-21(19)31-4/h5-8,11-12,14H,9-10H2,1-4H3,(H,27,29). The minimum absolute atomic E-state index is 0.115. The molecule has 7 heteroatoms. The topological polar surface area (TPSA) is 82.4 Å². The summed E-state index contributed by atoms with van der Waals surface area (Å²) in [6.07, 6.45) is 0.808. The van der Waals surface area contributed by atoms with Gasteiger partial charge in [0, 0.05) is 23.2 Å².